The van der Waals surface area contributed by atoms with Gasteiger partial charge in [-0.15, -0.1) is 11.3 Å². The molecule has 0 fully saturated rings. The summed E-state index contributed by atoms with van der Waals surface area (Å²) >= 11 is 1.27. The van der Waals surface area contributed by atoms with Crippen molar-refractivity contribution in [3.8, 4) is 10.4 Å². The zero-order valence-corrected chi connectivity index (χ0v) is 12.8. The minimum Gasteiger partial charge on any atom is -0.465 e. The van der Waals surface area contributed by atoms with E-state index in [1.807, 2.05) is 14.1 Å². The van der Waals surface area contributed by atoms with Crippen LogP contribution in [0.3, 0.4) is 0 Å². The summed E-state index contributed by atoms with van der Waals surface area (Å²) in [5, 5.41) is 0. The molecule has 0 aliphatic rings. The molecule has 0 atom stereocenters. The van der Waals surface area contributed by atoms with Gasteiger partial charge < -0.3 is 9.64 Å². The number of nitrogens with zero attached hydrogens (tertiary/aromatic N) is 2. The Labute approximate surface area is 126 Å². The fourth-order valence-corrected chi connectivity index (χ4v) is 2.68. The van der Waals surface area contributed by atoms with E-state index in [1.165, 1.54) is 30.6 Å². The minimum atomic E-state index is -0.431. The average Bonchev–Trinajstić information content (AvgIpc) is 2.89. The molecule has 0 spiro atoms. The Kier molecular flexibility index (Phi) is 4.70. The highest BCUT2D eigenvalue weighted by Crippen LogP contribution is 2.36. The summed E-state index contributed by atoms with van der Waals surface area (Å²) < 4.78 is 17.8. The first-order valence-corrected chi connectivity index (χ1v) is 7.01. The maximum Gasteiger partial charge on any atom is 0.350 e. The number of benzene rings is 1. The van der Waals surface area contributed by atoms with Gasteiger partial charge in [0, 0.05) is 19.0 Å². The number of hydrogen-bond acceptors (Lipinski definition) is 4. The molecule has 0 saturated heterocycles. The molecule has 1 aromatic carbocycles. The monoisotopic (exact) mass is 306 g/mol. The second kappa shape index (κ2) is 6.49. The van der Waals surface area contributed by atoms with E-state index in [0.717, 1.165) is 10.4 Å². The normalized spacial score (nSPS) is 10.9. The Morgan fingerprint density at radius 2 is 2.00 bits per heavy atom. The second-order valence-electron chi connectivity index (χ2n) is 4.53. The molecule has 2 aromatic rings. The molecule has 2 rings (SSSR count). The second-order valence-corrected chi connectivity index (χ2v) is 5.58. The zero-order valence-electron chi connectivity index (χ0n) is 12.0. The Bertz CT molecular complexity index is 663. The number of ether oxygens (including phenoxy) is 1. The Balaban J connectivity index is 2.44. The molecule has 0 radical (unpaired) electrons. The number of thiophene rings is 1. The highest BCUT2D eigenvalue weighted by atomic mass is 32.1. The third-order valence-corrected chi connectivity index (χ3v) is 3.79. The van der Waals surface area contributed by atoms with Crippen molar-refractivity contribution in [2.75, 3.05) is 21.2 Å². The lowest BCUT2D eigenvalue weighted by Gasteiger charge is -2.02. The summed E-state index contributed by atoms with van der Waals surface area (Å²) in [6, 6.07) is 7.90. The van der Waals surface area contributed by atoms with Crippen LogP contribution in [0, 0.1) is 5.82 Å². The summed E-state index contributed by atoms with van der Waals surface area (Å²) in [6.07, 6.45) is 1.61. The molecule has 21 heavy (non-hydrogen) atoms. The van der Waals surface area contributed by atoms with Crippen LogP contribution in [0.1, 0.15) is 9.67 Å². The van der Waals surface area contributed by atoms with Crippen molar-refractivity contribution in [1.82, 2.24) is 4.90 Å². The van der Waals surface area contributed by atoms with Gasteiger partial charge in [0.25, 0.3) is 0 Å². The molecule has 6 heteroatoms. The smallest absolute Gasteiger partial charge is 0.350 e. The van der Waals surface area contributed by atoms with Crippen LogP contribution in [-0.2, 0) is 4.74 Å². The summed E-state index contributed by atoms with van der Waals surface area (Å²) in [4.78, 5) is 19.1. The topological polar surface area (TPSA) is 41.9 Å². The van der Waals surface area contributed by atoms with Crippen LogP contribution in [0.4, 0.5) is 10.1 Å². The third-order valence-electron chi connectivity index (χ3n) is 2.64. The molecule has 0 aliphatic carbocycles. The van der Waals surface area contributed by atoms with E-state index in [1.54, 1.807) is 29.4 Å². The highest BCUT2D eigenvalue weighted by Gasteiger charge is 2.17. The Hall–Kier alpha value is -2.21. The lowest BCUT2D eigenvalue weighted by Crippen LogP contribution is -2.07. The predicted molar refractivity (Wildman–Crippen MR) is 82.9 cm³/mol. The molecule has 4 nitrogen and oxygen atoms in total. The number of carbonyl (C=O) groups is 1. The lowest BCUT2D eigenvalue weighted by molar-refractivity contribution is 0.0607. The highest BCUT2D eigenvalue weighted by molar-refractivity contribution is 7.18. The third kappa shape index (κ3) is 3.66. The van der Waals surface area contributed by atoms with Gasteiger partial charge in [0.15, 0.2) is 0 Å². The van der Waals surface area contributed by atoms with Gasteiger partial charge in [-0.3, -0.25) is 0 Å². The van der Waals surface area contributed by atoms with Gasteiger partial charge >= 0.3 is 5.97 Å². The van der Waals surface area contributed by atoms with Crippen molar-refractivity contribution >= 4 is 29.3 Å². The van der Waals surface area contributed by atoms with E-state index in [2.05, 4.69) is 4.99 Å². The lowest BCUT2D eigenvalue weighted by atomic mass is 10.2. The summed E-state index contributed by atoms with van der Waals surface area (Å²) in [6.45, 7) is 0. The number of halogens is 1. The van der Waals surface area contributed by atoms with E-state index in [4.69, 9.17) is 4.74 Å². The molecular formula is C15H15FN2O2S. The van der Waals surface area contributed by atoms with E-state index < -0.39 is 5.97 Å². The number of methoxy groups -OCH3 is 1. The number of hydrogen-bond donors (Lipinski definition) is 0. The van der Waals surface area contributed by atoms with E-state index >= 15 is 0 Å². The van der Waals surface area contributed by atoms with E-state index in [9.17, 15) is 9.18 Å². The van der Waals surface area contributed by atoms with Crippen molar-refractivity contribution in [3.63, 3.8) is 0 Å². The fourth-order valence-electron chi connectivity index (χ4n) is 1.65. The van der Waals surface area contributed by atoms with Crippen LogP contribution >= 0.6 is 11.3 Å². The Morgan fingerprint density at radius 1 is 1.33 bits per heavy atom. The molecule has 0 bridgehead atoms. The van der Waals surface area contributed by atoms with Crippen molar-refractivity contribution in [2.45, 2.75) is 0 Å². The molecule has 0 N–H and O–H groups in total. The van der Waals surface area contributed by atoms with Gasteiger partial charge in [-0.2, -0.15) is 0 Å². The molecule has 0 amide bonds. The number of carbonyl (C=O) groups excluding carboxylic acids is 1. The number of aliphatic imine (C=N–C) groups is 1. The quantitative estimate of drug-likeness (QED) is 0.493. The predicted octanol–water partition coefficient (Wildman–Crippen LogP) is 3.56. The summed E-state index contributed by atoms with van der Waals surface area (Å²) in [5.41, 5.74) is 1.37. The standard InChI is InChI=1S/C15H15FN2O2S/c1-18(2)9-17-12-8-13(21-14(12)15(19)20-3)10-4-6-11(16)7-5-10/h4-9H,1-3H3. The van der Waals surface area contributed by atoms with Crippen molar-refractivity contribution < 1.29 is 13.9 Å². The molecule has 0 saturated carbocycles. The summed E-state index contributed by atoms with van der Waals surface area (Å²) in [7, 11) is 5.02. The molecule has 0 aliphatic heterocycles. The summed E-state index contributed by atoms with van der Waals surface area (Å²) in [5.74, 6) is -0.728. The van der Waals surface area contributed by atoms with E-state index in [-0.39, 0.29) is 5.82 Å². The molecule has 0 unspecified atom stereocenters. The van der Waals surface area contributed by atoms with Crippen LogP contribution in [-0.4, -0.2) is 38.4 Å². The van der Waals surface area contributed by atoms with E-state index in [0.29, 0.717) is 10.6 Å². The molecule has 110 valence electrons. The first-order chi connectivity index (χ1) is 10.0. The molecule has 1 heterocycles. The molecular weight excluding hydrogens is 291 g/mol. The van der Waals surface area contributed by atoms with Gasteiger partial charge in [-0.1, -0.05) is 12.1 Å². The Morgan fingerprint density at radius 3 is 2.57 bits per heavy atom. The average molecular weight is 306 g/mol. The molecule has 1 aromatic heterocycles. The van der Waals surface area contributed by atoms with Gasteiger partial charge in [-0.25, -0.2) is 14.2 Å². The van der Waals surface area contributed by atoms with Crippen LogP contribution in [0.5, 0.6) is 0 Å². The maximum absolute atomic E-state index is 13.0. The van der Waals surface area contributed by atoms with Crippen LogP contribution in [0.2, 0.25) is 0 Å². The first kappa shape index (κ1) is 15.2. The van der Waals surface area contributed by atoms with Crippen molar-refractivity contribution in [2.24, 2.45) is 4.99 Å². The number of rotatable bonds is 4. The number of esters is 1. The van der Waals surface area contributed by atoms with Gasteiger partial charge in [0.1, 0.15) is 10.7 Å². The zero-order chi connectivity index (χ0) is 15.4. The minimum absolute atomic E-state index is 0.297. The van der Waals surface area contributed by atoms with Crippen LogP contribution in [0.25, 0.3) is 10.4 Å². The van der Waals surface area contributed by atoms with Crippen LogP contribution in [0.15, 0.2) is 35.3 Å². The first-order valence-electron chi connectivity index (χ1n) is 6.20. The van der Waals surface area contributed by atoms with Crippen molar-refractivity contribution in [1.29, 1.82) is 0 Å². The largest absolute Gasteiger partial charge is 0.465 e. The SMILES string of the molecule is COC(=O)c1sc(-c2ccc(F)cc2)cc1N=CN(C)C. The van der Waals surface area contributed by atoms with Crippen molar-refractivity contribution in [3.05, 3.63) is 41.0 Å². The maximum atomic E-state index is 13.0. The van der Waals surface area contributed by atoms with Gasteiger partial charge in [0.2, 0.25) is 0 Å². The fraction of sp³-hybridized carbons (Fsp3) is 0.200. The van der Waals surface area contributed by atoms with Gasteiger partial charge in [0.05, 0.1) is 19.1 Å². The van der Waals surface area contributed by atoms with Gasteiger partial charge in [-0.05, 0) is 23.8 Å². The van der Waals surface area contributed by atoms with Crippen LogP contribution < -0.4 is 0 Å².